The van der Waals surface area contributed by atoms with E-state index in [9.17, 15) is 9.90 Å². The van der Waals surface area contributed by atoms with Gasteiger partial charge in [0.2, 0.25) is 5.91 Å². The quantitative estimate of drug-likeness (QED) is 0.744. The molecule has 1 aromatic rings. The number of amides is 1. The van der Waals surface area contributed by atoms with Crippen LogP contribution in [0, 0.1) is 5.41 Å². The largest absolute Gasteiger partial charge is 0.506 e. The van der Waals surface area contributed by atoms with Gasteiger partial charge < -0.3 is 15.7 Å². The van der Waals surface area contributed by atoms with Crippen molar-refractivity contribution >= 4 is 23.2 Å². The molecular weight excluding hydrogens is 264 g/mol. The van der Waals surface area contributed by atoms with Gasteiger partial charge in [-0.3, -0.25) is 4.79 Å². The molecule has 0 aromatic heterocycles. The number of halogens is 1. The summed E-state index contributed by atoms with van der Waals surface area (Å²) in [5, 5.41) is 15.8. The summed E-state index contributed by atoms with van der Waals surface area (Å²) in [6.07, 6.45) is 2.71. The number of hydrogen-bond donors (Lipinski definition) is 3. The first kappa shape index (κ1) is 14.2. The number of rotatable bonds is 4. The topological polar surface area (TPSA) is 61.4 Å². The zero-order valence-electron chi connectivity index (χ0n) is 11.0. The summed E-state index contributed by atoms with van der Waals surface area (Å²) in [5.74, 6) is 0.0478. The number of carbonyl (C=O) groups excluding carboxylic acids is 1. The lowest BCUT2D eigenvalue weighted by molar-refractivity contribution is -0.125. The van der Waals surface area contributed by atoms with E-state index in [1.165, 1.54) is 6.07 Å². The lowest BCUT2D eigenvalue weighted by Gasteiger charge is -2.26. The van der Waals surface area contributed by atoms with Crippen molar-refractivity contribution in [1.29, 1.82) is 0 Å². The summed E-state index contributed by atoms with van der Waals surface area (Å²) < 4.78 is 0. The molecule has 1 unspecified atom stereocenters. The molecule has 1 aliphatic rings. The number of benzene rings is 1. The Morgan fingerprint density at radius 2 is 2.37 bits per heavy atom. The van der Waals surface area contributed by atoms with E-state index in [2.05, 4.69) is 17.6 Å². The van der Waals surface area contributed by atoms with E-state index in [1.807, 2.05) is 0 Å². The minimum Gasteiger partial charge on any atom is -0.506 e. The maximum absolute atomic E-state index is 12.5. The molecule has 2 rings (SSSR count). The van der Waals surface area contributed by atoms with Crippen molar-refractivity contribution in [2.24, 2.45) is 5.41 Å². The molecule has 0 spiro atoms. The average molecular weight is 283 g/mol. The van der Waals surface area contributed by atoms with Crippen molar-refractivity contribution in [3.05, 3.63) is 23.2 Å². The lowest BCUT2D eigenvalue weighted by Crippen LogP contribution is -2.38. The molecule has 0 saturated carbocycles. The van der Waals surface area contributed by atoms with Gasteiger partial charge in [-0.15, -0.1) is 0 Å². The third-order valence-electron chi connectivity index (χ3n) is 3.66. The van der Waals surface area contributed by atoms with E-state index >= 15 is 0 Å². The normalized spacial score (nSPS) is 22.4. The Morgan fingerprint density at radius 1 is 1.58 bits per heavy atom. The highest BCUT2D eigenvalue weighted by Gasteiger charge is 2.40. The predicted molar refractivity (Wildman–Crippen MR) is 76.6 cm³/mol. The fourth-order valence-corrected chi connectivity index (χ4v) is 2.77. The SMILES string of the molecule is CCCC1(C(=O)Nc2ccc(O)c(Cl)c2)CCNC1. The molecule has 0 radical (unpaired) electrons. The van der Waals surface area contributed by atoms with Gasteiger partial charge in [0.1, 0.15) is 5.75 Å². The minimum atomic E-state index is -0.320. The van der Waals surface area contributed by atoms with Crippen LogP contribution in [0.3, 0.4) is 0 Å². The lowest BCUT2D eigenvalue weighted by atomic mass is 9.81. The summed E-state index contributed by atoms with van der Waals surface area (Å²) in [6, 6.07) is 4.70. The zero-order chi connectivity index (χ0) is 13.9. The van der Waals surface area contributed by atoms with E-state index in [0.29, 0.717) is 5.69 Å². The highest BCUT2D eigenvalue weighted by Crippen LogP contribution is 2.33. The first-order chi connectivity index (χ1) is 9.07. The smallest absolute Gasteiger partial charge is 0.231 e. The van der Waals surface area contributed by atoms with Crippen LogP contribution in [0.4, 0.5) is 5.69 Å². The van der Waals surface area contributed by atoms with Gasteiger partial charge in [0.25, 0.3) is 0 Å². The fourth-order valence-electron chi connectivity index (χ4n) is 2.59. The number of carbonyl (C=O) groups is 1. The molecule has 1 amide bonds. The van der Waals surface area contributed by atoms with Crippen molar-refractivity contribution in [1.82, 2.24) is 5.32 Å². The van der Waals surface area contributed by atoms with Crippen LogP contribution in [-0.4, -0.2) is 24.1 Å². The molecule has 1 atom stereocenters. The van der Waals surface area contributed by atoms with E-state index in [0.717, 1.165) is 32.4 Å². The fraction of sp³-hybridized carbons (Fsp3) is 0.500. The molecule has 19 heavy (non-hydrogen) atoms. The van der Waals surface area contributed by atoms with E-state index in [-0.39, 0.29) is 22.1 Å². The average Bonchev–Trinajstić information content (AvgIpc) is 2.84. The molecule has 4 nitrogen and oxygen atoms in total. The molecule has 1 saturated heterocycles. The van der Waals surface area contributed by atoms with Gasteiger partial charge >= 0.3 is 0 Å². The molecule has 0 bridgehead atoms. The molecule has 104 valence electrons. The van der Waals surface area contributed by atoms with Crippen LogP contribution >= 0.6 is 11.6 Å². The number of nitrogens with one attached hydrogen (secondary N) is 2. The van der Waals surface area contributed by atoms with Gasteiger partial charge in [0.15, 0.2) is 0 Å². The number of phenolic OH excluding ortho intramolecular Hbond substituents is 1. The molecule has 3 N–H and O–H groups in total. The molecule has 1 heterocycles. The van der Waals surface area contributed by atoms with Gasteiger partial charge in [0.05, 0.1) is 10.4 Å². The van der Waals surface area contributed by atoms with E-state index < -0.39 is 0 Å². The van der Waals surface area contributed by atoms with Gasteiger partial charge in [-0.2, -0.15) is 0 Å². The van der Waals surface area contributed by atoms with Crippen LogP contribution in [0.1, 0.15) is 26.2 Å². The van der Waals surface area contributed by atoms with Gasteiger partial charge in [0, 0.05) is 12.2 Å². The van der Waals surface area contributed by atoms with Crippen molar-refractivity contribution in [3.8, 4) is 5.75 Å². The first-order valence-corrected chi connectivity index (χ1v) is 6.96. The Morgan fingerprint density at radius 3 is 2.95 bits per heavy atom. The molecular formula is C14H19ClN2O2. The zero-order valence-corrected chi connectivity index (χ0v) is 11.8. The van der Waals surface area contributed by atoms with Crippen molar-refractivity contribution in [3.63, 3.8) is 0 Å². The molecule has 1 aliphatic heterocycles. The van der Waals surface area contributed by atoms with Crippen LogP contribution in [0.15, 0.2) is 18.2 Å². The van der Waals surface area contributed by atoms with Crippen LogP contribution in [0.5, 0.6) is 5.75 Å². The summed E-state index contributed by atoms with van der Waals surface area (Å²) in [5.41, 5.74) is 0.300. The Balaban J connectivity index is 2.12. The summed E-state index contributed by atoms with van der Waals surface area (Å²) >= 11 is 5.84. The summed E-state index contributed by atoms with van der Waals surface area (Å²) in [6.45, 7) is 3.69. The third-order valence-corrected chi connectivity index (χ3v) is 3.96. The van der Waals surface area contributed by atoms with Crippen molar-refractivity contribution in [2.75, 3.05) is 18.4 Å². The minimum absolute atomic E-state index is 0.0190. The molecule has 5 heteroatoms. The molecule has 1 aromatic carbocycles. The summed E-state index contributed by atoms with van der Waals surface area (Å²) in [7, 11) is 0. The second kappa shape index (κ2) is 5.80. The monoisotopic (exact) mass is 282 g/mol. The number of hydrogen-bond acceptors (Lipinski definition) is 3. The maximum atomic E-state index is 12.5. The Labute approximate surface area is 118 Å². The molecule has 0 aliphatic carbocycles. The van der Waals surface area contributed by atoms with Crippen LogP contribution < -0.4 is 10.6 Å². The Bertz CT molecular complexity index is 471. The third kappa shape index (κ3) is 3.01. The first-order valence-electron chi connectivity index (χ1n) is 6.58. The van der Waals surface area contributed by atoms with E-state index in [1.54, 1.807) is 12.1 Å². The Hall–Kier alpha value is -1.26. The van der Waals surface area contributed by atoms with Crippen LogP contribution in [0.2, 0.25) is 5.02 Å². The Kier molecular flexibility index (Phi) is 4.32. The van der Waals surface area contributed by atoms with Crippen molar-refractivity contribution < 1.29 is 9.90 Å². The van der Waals surface area contributed by atoms with Crippen LogP contribution in [0.25, 0.3) is 0 Å². The van der Waals surface area contributed by atoms with E-state index in [4.69, 9.17) is 11.6 Å². The second-order valence-corrected chi connectivity index (χ2v) is 5.48. The second-order valence-electron chi connectivity index (χ2n) is 5.08. The summed E-state index contributed by atoms with van der Waals surface area (Å²) in [4.78, 5) is 12.5. The standard InChI is InChI=1S/C14H19ClN2O2/c1-2-5-14(6-7-16-9-14)13(19)17-10-3-4-12(18)11(15)8-10/h3-4,8,16,18H,2,5-7,9H2,1H3,(H,17,19). The number of phenols is 1. The van der Waals surface area contributed by atoms with Gasteiger partial charge in [-0.1, -0.05) is 24.9 Å². The maximum Gasteiger partial charge on any atom is 0.231 e. The number of aromatic hydroxyl groups is 1. The molecule has 1 fully saturated rings. The van der Waals surface area contributed by atoms with Crippen LogP contribution in [-0.2, 0) is 4.79 Å². The van der Waals surface area contributed by atoms with Gasteiger partial charge in [-0.05, 0) is 37.6 Å². The highest BCUT2D eigenvalue weighted by atomic mass is 35.5. The number of anilines is 1. The van der Waals surface area contributed by atoms with Crippen molar-refractivity contribution in [2.45, 2.75) is 26.2 Å². The highest BCUT2D eigenvalue weighted by molar-refractivity contribution is 6.32. The predicted octanol–water partition coefficient (Wildman–Crippen LogP) is 2.76. The van der Waals surface area contributed by atoms with Gasteiger partial charge in [-0.25, -0.2) is 0 Å².